The van der Waals surface area contributed by atoms with Crippen molar-refractivity contribution in [3.63, 3.8) is 0 Å². The zero-order chi connectivity index (χ0) is 13.5. The lowest BCUT2D eigenvalue weighted by Crippen LogP contribution is -2.26. The van der Waals surface area contributed by atoms with Crippen molar-refractivity contribution >= 4 is 11.9 Å². The molecule has 4 nitrogen and oxygen atoms in total. The Hall–Kier alpha value is -1.91. The van der Waals surface area contributed by atoms with E-state index in [4.69, 9.17) is 5.11 Å². The minimum atomic E-state index is -0.917. The molecule has 98 valence electrons. The molecule has 0 saturated carbocycles. The molecule has 0 spiro atoms. The Kier molecular flexibility index (Phi) is 5.30. The number of carbonyl (C=O) groups is 2. The minimum Gasteiger partial charge on any atom is -0.481 e. The van der Waals surface area contributed by atoms with E-state index < -0.39 is 5.97 Å². The summed E-state index contributed by atoms with van der Waals surface area (Å²) >= 11 is 0. The molecule has 0 aliphatic rings. The zero-order valence-corrected chi connectivity index (χ0v) is 10.2. The van der Waals surface area contributed by atoms with Crippen molar-refractivity contribution in [2.75, 3.05) is 7.05 Å². The molecule has 1 aromatic carbocycles. The summed E-state index contributed by atoms with van der Waals surface area (Å²) in [5, 5.41) is 8.46. The third-order valence-corrected chi connectivity index (χ3v) is 2.57. The number of nitrogens with zero attached hydrogens (tertiary/aromatic N) is 1. The van der Waals surface area contributed by atoms with Crippen molar-refractivity contribution in [3.8, 4) is 0 Å². The first kappa shape index (κ1) is 14.2. The number of aliphatic carboxylic acids is 1. The standard InChI is InChI=1S/C13H16FNO3/c1-15(12(16)7-4-8-13(17)18)9-10-5-2-3-6-11(10)14/h2-3,5-6H,4,7-9H2,1H3,(H,17,18). The molecular formula is C13H16FNO3. The number of hydrogen-bond acceptors (Lipinski definition) is 2. The highest BCUT2D eigenvalue weighted by Crippen LogP contribution is 2.10. The van der Waals surface area contributed by atoms with Crippen LogP contribution >= 0.6 is 0 Å². The Morgan fingerprint density at radius 2 is 1.94 bits per heavy atom. The highest BCUT2D eigenvalue weighted by Gasteiger charge is 2.11. The molecule has 0 aliphatic carbocycles. The smallest absolute Gasteiger partial charge is 0.303 e. The molecule has 1 rings (SSSR count). The van der Waals surface area contributed by atoms with Crippen molar-refractivity contribution < 1.29 is 19.1 Å². The van der Waals surface area contributed by atoms with Gasteiger partial charge in [-0.25, -0.2) is 4.39 Å². The summed E-state index contributed by atoms with van der Waals surface area (Å²) in [5.74, 6) is -1.44. The number of carboxylic acids is 1. The van der Waals surface area contributed by atoms with E-state index in [1.54, 1.807) is 25.2 Å². The van der Waals surface area contributed by atoms with Crippen LogP contribution in [0.2, 0.25) is 0 Å². The van der Waals surface area contributed by atoms with Gasteiger partial charge in [0.1, 0.15) is 5.82 Å². The first-order valence-corrected chi connectivity index (χ1v) is 5.70. The van der Waals surface area contributed by atoms with Gasteiger partial charge < -0.3 is 10.0 Å². The van der Waals surface area contributed by atoms with E-state index in [9.17, 15) is 14.0 Å². The first-order valence-electron chi connectivity index (χ1n) is 5.70. The van der Waals surface area contributed by atoms with Crippen LogP contribution in [0.1, 0.15) is 24.8 Å². The van der Waals surface area contributed by atoms with Crippen molar-refractivity contribution in [2.45, 2.75) is 25.8 Å². The Morgan fingerprint density at radius 1 is 1.28 bits per heavy atom. The van der Waals surface area contributed by atoms with Crippen LogP contribution in [0.5, 0.6) is 0 Å². The molecule has 0 atom stereocenters. The zero-order valence-electron chi connectivity index (χ0n) is 10.2. The maximum Gasteiger partial charge on any atom is 0.303 e. The SMILES string of the molecule is CN(Cc1ccccc1F)C(=O)CCCC(=O)O. The van der Waals surface area contributed by atoms with Gasteiger partial charge in [0, 0.05) is 32.0 Å². The van der Waals surface area contributed by atoms with Gasteiger partial charge in [-0.1, -0.05) is 18.2 Å². The number of carboxylic acid groups (broad SMARTS) is 1. The molecule has 1 amide bonds. The van der Waals surface area contributed by atoms with Crippen LogP contribution < -0.4 is 0 Å². The average molecular weight is 253 g/mol. The quantitative estimate of drug-likeness (QED) is 0.844. The molecule has 0 aromatic heterocycles. The molecule has 5 heteroatoms. The van der Waals surface area contributed by atoms with E-state index in [1.807, 2.05) is 0 Å². The maximum absolute atomic E-state index is 13.4. The monoisotopic (exact) mass is 253 g/mol. The Labute approximate surface area is 105 Å². The summed E-state index contributed by atoms with van der Waals surface area (Å²) in [6.45, 7) is 0.193. The number of amides is 1. The van der Waals surface area contributed by atoms with Gasteiger partial charge in [0.25, 0.3) is 0 Å². The van der Waals surface area contributed by atoms with Gasteiger partial charge in [-0.2, -0.15) is 0 Å². The normalized spacial score (nSPS) is 10.1. The minimum absolute atomic E-state index is 0.0285. The number of halogens is 1. The number of benzene rings is 1. The lowest BCUT2D eigenvalue weighted by atomic mass is 10.2. The fraction of sp³-hybridized carbons (Fsp3) is 0.385. The van der Waals surface area contributed by atoms with Gasteiger partial charge >= 0.3 is 5.97 Å². The summed E-state index contributed by atoms with van der Waals surface area (Å²) in [5.41, 5.74) is 0.451. The summed E-state index contributed by atoms with van der Waals surface area (Å²) < 4.78 is 13.4. The first-order chi connectivity index (χ1) is 8.50. The maximum atomic E-state index is 13.4. The lowest BCUT2D eigenvalue weighted by Gasteiger charge is -2.17. The van der Waals surface area contributed by atoms with E-state index in [0.29, 0.717) is 12.0 Å². The van der Waals surface area contributed by atoms with E-state index in [1.165, 1.54) is 11.0 Å². The van der Waals surface area contributed by atoms with E-state index in [0.717, 1.165) is 0 Å². The molecular weight excluding hydrogens is 237 g/mol. The lowest BCUT2D eigenvalue weighted by molar-refractivity contribution is -0.137. The summed E-state index contributed by atoms with van der Waals surface area (Å²) in [4.78, 5) is 23.4. The van der Waals surface area contributed by atoms with E-state index >= 15 is 0 Å². The van der Waals surface area contributed by atoms with Crippen LogP contribution in [0, 0.1) is 5.82 Å². The van der Waals surface area contributed by atoms with Crippen molar-refractivity contribution in [3.05, 3.63) is 35.6 Å². The second kappa shape index (κ2) is 6.74. The number of hydrogen-bond donors (Lipinski definition) is 1. The van der Waals surface area contributed by atoms with Crippen molar-refractivity contribution in [1.29, 1.82) is 0 Å². The second-order valence-electron chi connectivity index (χ2n) is 4.09. The highest BCUT2D eigenvalue weighted by molar-refractivity contribution is 5.76. The van der Waals surface area contributed by atoms with Gasteiger partial charge in [0.15, 0.2) is 0 Å². The van der Waals surface area contributed by atoms with Crippen LogP contribution in [-0.4, -0.2) is 28.9 Å². The van der Waals surface area contributed by atoms with Crippen molar-refractivity contribution in [2.24, 2.45) is 0 Å². The molecule has 0 heterocycles. The average Bonchev–Trinajstić information content (AvgIpc) is 2.31. The van der Waals surface area contributed by atoms with Gasteiger partial charge in [-0.3, -0.25) is 9.59 Å². The van der Waals surface area contributed by atoms with Gasteiger partial charge in [0.05, 0.1) is 0 Å². The fourth-order valence-electron chi connectivity index (χ4n) is 1.55. The summed E-state index contributed by atoms with van der Waals surface area (Å²) in [6, 6.07) is 6.27. The van der Waals surface area contributed by atoms with Gasteiger partial charge in [0.2, 0.25) is 5.91 Å². The molecule has 0 saturated heterocycles. The van der Waals surface area contributed by atoms with Crippen LogP contribution in [0.4, 0.5) is 4.39 Å². The number of carbonyl (C=O) groups excluding carboxylic acids is 1. The third kappa shape index (κ3) is 4.53. The third-order valence-electron chi connectivity index (χ3n) is 2.57. The Bertz CT molecular complexity index is 434. The molecule has 0 aliphatic heterocycles. The summed E-state index contributed by atoms with van der Waals surface area (Å²) in [6.07, 6.45) is 0.437. The van der Waals surface area contributed by atoms with Crippen LogP contribution in [0.15, 0.2) is 24.3 Å². The number of rotatable bonds is 6. The Morgan fingerprint density at radius 3 is 2.56 bits per heavy atom. The van der Waals surface area contributed by atoms with Crippen molar-refractivity contribution in [1.82, 2.24) is 4.90 Å². The molecule has 0 radical (unpaired) electrons. The van der Waals surface area contributed by atoms with E-state index in [-0.39, 0.29) is 31.1 Å². The largest absolute Gasteiger partial charge is 0.481 e. The van der Waals surface area contributed by atoms with Gasteiger partial charge in [-0.15, -0.1) is 0 Å². The summed E-state index contributed by atoms with van der Waals surface area (Å²) in [7, 11) is 1.58. The molecule has 18 heavy (non-hydrogen) atoms. The topological polar surface area (TPSA) is 57.6 Å². The predicted molar refractivity (Wildman–Crippen MR) is 64.4 cm³/mol. The molecule has 0 fully saturated rings. The fourth-order valence-corrected chi connectivity index (χ4v) is 1.55. The molecule has 0 unspecified atom stereocenters. The Balaban J connectivity index is 2.45. The highest BCUT2D eigenvalue weighted by atomic mass is 19.1. The van der Waals surface area contributed by atoms with Crippen LogP contribution in [-0.2, 0) is 16.1 Å². The molecule has 1 N–H and O–H groups in total. The predicted octanol–water partition coefficient (Wildman–Crippen LogP) is 2.04. The molecule has 1 aromatic rings. The van der Waals surface area contributed by atoms with Crippen LogP contribution in [0.25, 0.3) is 0 Å². The van der Waals surface area contributed by atoms with Crippen LogP contribution in [0.3, 0.4) is 0 Å². The second-order valence-corrected chi connectivity index (χ2v) is 4.09. The van der Waals surface area contributed by atoms with E-state index in [2.05, 4.69) is 0 Å². The van der Waals surface area contributed by atoms with Gasteiger partial charge in [-0.05, 0) is 12.5 Å². The molecule has 0 bridgehead atoms.